The Labute approximate surface area is 268 Å². The molecule has 0 aliphatic rings. The third kappa shape index (κ3) is 8.79. The van der Waals surface area contributed by atoms with E-state index in [0.29, 0.717) is 27.9 Å². The summed E-state index contributed by atoms with van der Waals surface area (Å²) < 4.78 is 34.3. The predicted molar refractivity (Wildman–Crippen MR) is 173 cm³/mol. The van der Waals surface area contributed by atoms with Crippen LogP contribution in [0.3, 0.4) is 0 Å². The molecule has 3 rings (SSSR count). The molecule has 0 bridgehead atoms. The topological polar surface area (TPSA) is 96.0 Å². The lowest BCUT2D eigenvalue weighted by molar-refractivity contribution is -0.140. The van der Waals surface area contributed by atoms with Gasteiger partial charge in [-0.1, -0.05) is 79.3 Å². The van der Waals surface area contributed by atoms with Crippen LogP contribution in [0, 0.1) is 12.8 Å². The minimum absolute atomic E-state index is 0.00754. The first-order valence-corrected chi connectivity index (χ1v) is 16.3. The van der Waals surface area contributed by atoms with Crippen molar-refractivity contribution in [1.29, 1.82) is 0 Å². The Hall–Kier alpha value is -2.98. The number of nitrogens with zero attached hydrogens (tertiary/aromatic N) is 2. The fourth-order valence-corrected chi connectivity index (χ4v) is 6.48. The number of ether oxygens (including phenoxy) is 1. The molecule has 1 N–H and O–H groups in total. The van der Waals surface area contributed by atoms with Gasteiger partial charge in [0.2, 0.25) is 11.8 Å². The summed E-state index contributed by atoms with van der Waals surface area (Å²) >= 11 is 18.9. The molecule has 8 nitrogen and oxygen atoms in total. The molecule has 0 radical (unpaired) electrons. The summed E-state index contributed by atoms with van der Waals surface area (Å²) in [5.41, 5.74) is 1.58. The number of rotatable bonds is 13. The number of halogens is 3. The second kappa shape index (κ2) is 15.1. The molecule has 43 heavy (non-hydrogen) atoms. The van der Waals surface area contributed by atoms with E-state index in [4.69, 9.17) is 39.5 Å². The van der Waals surface area contributed by atoms with Gasteiger partial charge in [0.05, 0.1) is 22.7 Å². The zero-order valence-electron chi connectivity index (χ0n) is 24.7. The van der Waals surface area contributed by atoms with Crippen molar-refractivity contribution in [1.82, 2.24) is 10.2 Å². The second-order valence-electron chi connectivity index (χ2n) is 10.5. The number of nitrogens with one attached hydrogen (secondary N) is 1. The van der Waals surface area contributed by atoms with Crippen LogP contribution in [0.1, 0.15) is 38.3 Å². The Balaban J connectivity index is 2.11. The van der Waals surface area contributed by atoms with E-state index < -0.39 is 28.5 Å². The van der Waals surface area contributed by atoms with Crippen molar-refractivity contribution in [3.63, 3.8) is 0 Å². The molecule has 0 aliphatic heterocycles. The highest BCUT2D eigenvalue weighted by Gasteiger charge is 2.34. The third-order valence-electron chi connectivity index (χ3n) is 6.74. The predicted octanol–water partition coefficient (Wildman–Crippen LogP) is 6.74. The van der Waals surface area contributed by atoms with Crippen molar-refractivity contribution in [3.8, 4) is 5.75 Å². The van der Waals surface area contributed by atoms with Gasteiger partial charge >= 0.3 is 0 Å². The third-order valence-corrected chi connectivity index (χ3v) is 9.41. The van der Waals surface area contributed by atoms with Gasteiger partial charge in [0.15, 0.2) is 0 Å². The zero-order valence-corrected chi connectivity index (χ0v) is 27.8. The number of carbonyl (C=O) groups is 2. The molecule has 12 heteroatoms. The fraction of sp³-hybridized carbons (Fsp3) is 0.355. The van der Waals surface area contributed by atoms with Crippen molar-refractivity contribution in [2.24, 2.45) is 5.92 Å². The van der Waals surface area contributed by atoms with Crippen molar-refractivity contribution in [2.75, 3.05) is 24.5 Å². The van der Waals surface area contributed by atoms with Crippen molar-refractivity contribution in [2.45, 2.75) is 51.6 Å². The number of benzene rings is 3. The van der Waals surface area contributed by atoms with Crippen LogP contribution in [0.15, 0.2) is 65.6 Å². The molecule has 0 fully saturated rings. The van der Waals surface area contributed by atoms with Crippen LogP contribution in [-0.2, 0) is 26.2 Å². The van der Waals surface area contributed by atoms with Crippen LogP contribution >= 0.6 is 34.8 Å². The van der Waals surface area contributed by atoms with Gasteiger partial charge in [-0.15, -0.1) is 0 Å². The zero-order chi connectivity index (χ0) is 31.9. The van der Waals surface area contributed by atoms with E-state index in [0.717, 1.165) is 9.87 Å². The first-order valence-electron chi connectivity index (χ1n) is 13.7. The first kappa shape index (κ1) is 34.5. The van der Waals surface area contributed by atoms with Crippen LogP contribution in [0.4, 0.5) is 5.69 Å². The van der Waals surface area contributed by atoms with Crippen molar-refractivity contribution in [3.05, 3.63) is 86.9 Å². The molecule has 2 amide bonds. The van der Waals surface area contributed by atoms with E-state index in [1.165, 1.54) is 42.3 Å². The number of hydrogen-bond acceptors (Lipinski definition) is 5. The van der Waals surface area contributed by atoms with E-state index in [1.54, 1.807) is 37.3 Å². The van der Waals surface area contributed by atoms with Gasteiger partial charge in [-0.25, -0.2) is 8.42 Å². The normalized spacial score (nSPS) is 12.1. The largest absolute Gasteiger partial charge is 0.495 e. The molecular formula is C31H36Cl3N3O5S. The number of anilines is 1. The SMILES string of the molecule is CC[C@@H](C(=O)NCC(C)C)N(Cc1ccc(Cl)cc1Cl)C(=O)CN(c1ccc(OC)c(Cl)c1)S(=O)(=O)c1ccc(C)cc1. The highest BCUT2D eigenvalue weighted by molar-refractivity contribution is 7.92. The fourth-order valence-electron chi connectivity index (χ4n) is 4.35. The van der Waals surface area contributed by atoms with Gasteiger partial charge in [0, 0.05) is 23.1 Å². The molecule has 0 saturated carbocycles. The maximum atomic E-state index is 14.2. The molecule has 3 aromatic rings. The van der Waals surface area contributed by atoms with Gasteiger partial charge in [-0.05, 0) is 67.3 Å². The van der Waals surface area contributed by atoms with E-state index in [9.17, 15) is 18.0 Å². The summed E-state index contributed by atoms with van der Waals surface area (Å²) in [6, 6.07) is 14.7. The number of sulfonamides is 1. The number of carbonyl (C=O) groups excluding carboxylic acids is 2. The quantitative estimate of drug-likeness (QED) is 0.218. The van der Waals surface area contributed by atoms with Crippen LogP contribution in [0.2, 0.25) is 15.1 Å². The van der Waals surface area contributed by atoms with E-state index >= 15 is 0 Å². The maximum absolute atomic E-state index is 14.2. The van der Waals surface area contributed by atoms with Gasteiger partial charge in [-0.3, -0.25) is 13.9 Å². The molecule has 0 aromatic heterocycles. The summed E-state index contributed by atoms with van der Waals surface area (Å²) in [5, 5.41) is 3.79. The number of hydrogen-bond donors (Lipinski definition) is 1. The van der Waals surface area contributed by atoms with E-state index in [-0.39, 0.29) is 40.4 Å². The average Bonchev–Trinajstić information content (AvgIpc) is 2.95. The van der Waals surface area contributed by atoms with Gasteiger partial charge in [0.25, 0.3) is 10.0 Å². The smallest absolute Gasteiger partial charge is 0.264 e. The summed E-state index contributed by atoms with van der Waals surface area (Å²) in [5.74, 6) is -0.433. The van der Waals surface area contributed by atoms with Crippen LogP contribution in [0.5, 0.6) is 5.75 Å². The number of aryl methyl sites for hydroxylation is 1. The Morgan fingerprint density at radius 3 is 2.19 bits per heavy atom. The minimum Gasteiger partial charge on any atom is -0.495 e. The number of methoxy groups -OCH3 is 1. The van der Waals surface area contributed by atoms with Crippen molar-refractivity contribution < 1.29 is 22.7 Å². The van der Waals surface area contributed by atoms with Gasteiger partial charge in [-0.2, -0.15) is 0 Å². The van der Waals surface area contributed by atoms with Crippen molar-refractivity contribution >= 4 is 62.3 Å². The lowest BCUT2D eigenvalue weighted by Gasteiger charge is -2.33. The summed E-state index contributed by atoms with van der Waals surface area (Å²) in [6.07, 6.45) is 0.278. The van der Waals surface area contributed by atoms with Crippen LogP contribution in [-0.4, -0.2) is 51.4 Å². The molecule has 0 heterocycles. The molecule has 0 saturated heterocycles. The lowest BCUT2D eigenvalue weighted by Crippen LogP contribution is -2.52. The van der Waals surface area contributed by atoms with Crippen LogP contribution < -0.4 is 14.4 Å². The monoisotopic (exact) mass is 667 g/mol. The first-order chi connectivity index (χ1) is 20.3. The highest BCUT2D eigenvalue weighted by atomic mass is 35.5. The minimum atomic E-state index is -4.25. The highest BCUT2D eigenvalue weighted by Crippen LogP contribution is 2.32. The molecule has 0 aliphatic carbocycles. The Kier molecular flexibility index (Phi) is 12.2. The summed E-state index contributed by atoms with van der Waals surface area (Å²) in [4.78, 5) is 28.9. The Morgan fingerprint density at radius 2 is 1.63 bits per heavy atom. The van der Waals surface area contributed by atoms with Crippen LogP contribution in [0.25, 0.3) is 0 Å². The summed E-state index contributed by atoms with van der Waals surface area (Å²) in [6.45, 7) is 7.31. The molecule has 0 spiro atoms. The second-order valence-corrected chi connectivity index (χ2v) is 13.6. The van der Waals surface area contributed by atoms with E-state index in [2.05, 4.69) is 5.32 Å². The maximum Gasteiger partial charge on any atom is 0.264 e. The standard InChI is InChI=1S/C31H36Cl3N3O5S/c1-6-28(31(39)35-17-20(2)3)36(18-22-9-10-23(32)15-26(22)33)30(38)19-37(24-11-14-29(42-5)27(34)16-24)43(40,41)25-12-7-21(4)8-13-25/h7-16,20,28H,6,17-19H2,1-5H3,(H,35,39)/t28-/m0/s1. The summed E-state index contributed by atoms with van der Waals surface area (Å²) in [7, 11) is -2.81. The molecule has 232 valence electrons. The van der Waals surface area contributed by atoms with Gasteiger partial charge in [0.1, 0.15) is 18.3 Å². The Morgan fingerprint density at radius 1 is 0.953 bits per heavy atom. The molecular weight excluding hydrogens is 633 g/mol. The Bertz CT molecular complexity index is 1550. The van der Waals surface area contributed by atoms with Gasteiger partial charge < -0.3 is 15.0 Å². The molecule has 3 aromatic carbocycles. The molecule has 0 unspecified atom stereocenters. The average molecular weight is 669 g/mol. The number of amides is 2. The van der Waals surface area contributed by atoms with E-state index in [1.807, 2.05) is 20.8 Å². The molecule has 1 atom stereocenters. The lowest BCUT2D eigenvalue weighted by atomic mass is 10.1.